The Kier molecular flexibility index (Phi) is 2.64. The summed E-state index contributed by atoms with van der Waals surface area (Å²) in [4.78, 5) is 0. The van der Waals surface area contributed by atoms with E-state index in [0.29, 0.717) is 12.0 Å². The van der Waals surface area contributed by atoms with Crippen molar-refractivity contribution in [2.45, 2.75) is 57.0 Å². The molecule has 0 aromatic carbocycles. The maximum absolute atomic E-state index is 3.54. The molecule has 3 unspecified atom stereocenters. The monoisotopic (exact) mass is 218 g/mol. The molecule has 0 aromatic rings. The Labute approximate surface area is 98.2 Å². The van der Waals surface area contributed by atoms with E-state index in [1.165, 1.54) is 38.5 Å². The molecule has 16 heavy (non-hydrogen) atoms. The third-order valence-corrected chi connectivity index (χ3v) is 4.51. The van der Waals surface area contributed by atoms with Gasteiger partial charge in [0.05, 0.1) is 6.04 Å². The van der Waals surface area contributed by atoms with Crippen molar-refractivity contribution < 1.29 is 0 Å². The number of hydrogen-bond donors (Lipinski definition) is 2. The van der Waals surface area contributed by atoms with Crippen LogP contribution in [0.1, 0.15) is 45.4 Å². The highest BCUT2D eigenvalue weighted by atomic mass is 15.4. The van der Waals surface area contributed by atoms with Crippen molar-refractivity contribution in [3.8, 4) is 0 Å². The number of nitrogens with one attached hydrogen (secondary N) is 2. The van der Waals surface area contributed by atoms with Gasteiger partial charge in [-0.3, -0.25) is 5.43 Å². The van der Waals surface area contributed by atoms with Crippen molar-refractivity contribution in [1.82, 2.24) is 10.9 Å². The summed E-state index contributed by atoms with van der Waals surface area (Å²) in [5, 5.41) is 0. The van der Waals surface area contributed by atoms with E-state index in [-0.39, 0.29) is 5.54 Å². The maximum atomic E-state index is 3.54. The van der Waals surface area contributed by atoms with Gasteiger partial charge in [-0.1, -0.05) is 23.8 Å². The molecule has 2 aliphatic carbocycles. The van der Waals surface area contributed by atoms with E-state index in [0.717, 1.165) is 0 Å². The molecule has 2 N–H and O–H groups in total. The molecule has 1 saturated heterocycles. The second-order valence-corrected chi connectivity index (χ2v) is 5.68. The predicted molar refractivity (Wildman–Crippen MR) is 66.9 cm³/mol. The van der Waals surface area contributed by atoms with Crippen LogP contribution in [0.2, 0.25) is 0 Å². The van der Waals surface area contributed by atoms with E-state index >= 15 is 0 Å². The quantitative estimate of drug-likeness (QED) is 0.661. The lowest BCUT2D eigenvalue weighted by Crippen LogP contribution is -2.44. The van der Waals surface area contributed by atoms with Gasteiger partial charge in [-0.15, -0.1) is 0 Å². The van der Waals surface area contributed by atoms with Gasteiger partial charge in [0.1, 0.15) is 0 Å². The summed E-state index contributed by atoms with van der Waals surface area (Å²) < 4.78 is 0. The highest BCUT2D eigenvalue weighted by molar-refractivity contribution is 5.25. The highest BCUT2D eigenvalue weighted by Gasteiger charge is 2.45. The van der Waals surface area contributed by atoms with Gasteiger partial charge in [-0.25, -0.2) is 5.43 Å². The van der Waals surface area contributed by atoms with Gasteiger partial charge >= 0.3 is 0 Å². The molecule has 3 aliphatic rings. The fourth-order valence-corrected chi connectivity index (χ4v) is 3.43. The molecule has 0 amide bonds. The fraction of sp³-hybridized carbons (Fsp3) is 0.714. The predicted octanol–water partition coefficient (Wildman–Crippen LogP) is 2.69. The van der Waals surface area contributed by atoms with E-state index < -0.39 is 0 Å². The van der Waals surface area contributed by atoms with Crippen molar-refractivity contribution in [3.63, 3.8) is 0 Å². The summed E-state index contributed by atoms with van der Waals surface area (Å²) >= 11 is 0. The molecule has 1 aliphatic heterocycles. The van der Waals surface area contributed by atoms with E-state index in [1.807, 2.05) is 0 Å². The van der Waals surface area contributed by atoms with E-state index in [9.17, 15) is 0 Å². The van der Waals surface area contributed by atoms with Gasteiger partial charge in [0, 0.05) is 11.5 Å². The van der Waals surface area contributed by atoms with Crippen LogP contribution in [0.4, 0.5) is 0 Å². The first-order valence-electron chi connectivity index (χ1n) is 6.68. The lowest BCUT2D eigenvalue weighted by atomic mass is 9.73. The fourth-order valence-electron chi connectivity index (χ4n) is 3.43. The van der Waals surface area contributed by atoms with Crippen LogP contribution in [-0.2, 0) is 0 Å². The average molecular weight is 218 g/mol. The molecule has 3 rings (SSSR count). The minimum Gasteiger partial charge on any atom is -0.251 e. The van der Waals surface area contributed by atoms with E-state index in [2.05, 4.69) is 36.0 Å². The summed E-state index contributed by atoms with van der Waals surface area (Å²) in [5.74, 6) is 0.644. The summed E-state index contributed by atoms with van der Waals surface area (Å²) in [5.41, 5.74) is 8.99. The standard InChI is InChI=1S/C14H22N2/c1-14-10-6-5-9-12(14)13(15-16-14)11-7-3-2-4-8-11/h5,7,9,12-13,15-16H,2-4,6,8,10H2,1H3. The van der Waals surface area contributed by atoms with Crippen LogP contribution in [0.5, 0.6) is 0 Å². The first-order chi connectivity index (χ1) is 7.80. The largest absolute Gasteiger partial charge is 0.251 e. The Bertz CT molecular complexity index is 332. The van der Waals surface area contributed by atoms with Crippen LogP contribution >= 0.6 is 0 Å². The lowest BCUT2D eigenvalue weighted by Gasteiger charge is -2.34. The Hall–Kier alpha value is -0.600. The Morgan fingerprint density at radius 1 is 1.31 bits per heavy atom. The van der Waals surface area contributed by atoms with Crippen LogP contribution in [0.25, 0.3) is 0 Å². The molecule has 0 spiro atoms. The molecule has 2 heteroatoms. The Morgan fingerprint density at radius 2 is 2.25 bits per heavy atom. The second kappa shape index (κ2) is 4.01. The van der Waals surface area contributed by atoms with Crippen molar-refractivity contribution in [3.05, 3.63) is 23.8 Å². The van der Waals surface area contributed by atoms with Gasteiger partial charge in [0.15, 0.2) is 0 Å². The number of fused-ring (bicyclic) bond motifs is 1. The molecule has 0 saturated carbocycles. The zero-order valence-corrected chi connectivity index (χ0v) is 10.1. The Morgan fingerprint density at radius 3 is 3.06 bits per heavy atom. The normalized spacial score (nSPS) is 42.9. The number of hydrogen-bond acceptors (Lipinski definition) is 2. The molecule has 1 fully saturated rings. The van der Waals surface area contributed by atoms with Crippen LogP contribution < -0.4 is 10.9 Å². The summed E-state index contributed by atoms with van der Waals surface area (Å²) in [6.07, 6.45) is 15.0. The minimum absolute atomic E-state index is 0.275. The highest BCUT2D eigenvalue weighted by Crippen LogP contribution is 2.38. The lowest BCUT2D eigenvalue weighted by molar-refractivity contribution is 0.305. The van der Waals surface area contributed by atoms with Gasteiger partial charge in [0.25, 0.3) is 0 Å². The SMILES string of the molecule is CC12CCC=CC1C(C1=CCCCC1)NN2. The van der Waals surface area contributed by atoms with Gasteiger partial charge in [-0.2, -0.15) is 0 Å². The molecule has 0 radical (unpaired) electrons. The van der Waals surface area contributed by atoms with Crippen LogP contribution in [0.15, 0.2) is 23.8 Å². The van der Waals surface area contributed by atoms with Gasteiger partial charge in [-0.05, 0) is 45.4 Å². The molecule has 0 aromatic heterocycles. The molecule has 1 heterocycles. The zero-order chi connectivity index (χ0) is 11.0. The average Bonchev–Trinajstić information content (AvgIpc) is 2.67. The smallest absolute Gasteiger partial charge is 0.0503 e. The second-order valence-electron chi connectivity index (χ2n) is 5.68. The minimum atomic E-state index is 0.275. The van der Waals surface area contributed by atoms with Crippen LogP contribution in [-0.4, -0.2) is 11.6 Å². The number of allylic oxidation sites excluding steroid dienone is 2. The number of hydrazine groups is 1. The van der Waals surface area contributed by atoms with Crippen molar-refractivity contribution in [2.75, 3.05) is 0 Å². The van der Waals surface area contributed by atoms with Crippen molar-refractivity contribution in [2.24, 2.45) is 5.92 Å². The van der Waals surface area contributed by atoms with Crippen molar-refractivity contribution in [1.29, 1.82) is 0 Å². The first-order valence-corrected chi connectivity index (χ1v) is 6.68. The van der Waals surface area contributed by atoms with Gasteiger partial charge in [0.2, 0.25) is 0 Å². The molecule has 3 atom stereocenters. The first kappa shape index (κ1) is 10.5. The molecule has 2 nitrogen and oxygen atoms in total. The third-order valence-electron chi connectivity index (χ3n) is 4.51. The van der Waals surface area contributed by atoms with Crippen LogP contribution in [0, 0.1) is 5.92 Å². The Balaban J connectivity index is 1.84. The number of rotatable bonds is 1. The topological polar surface area (TPSA) is 24.1 Å². The molecular weight excluding hydrogens is 196 g/mol. The maximum Gasteiger partial charge on any atom is 0.0503 e. The van der Waals surface area contributed by atoms with E-state index in [4.69, 9.17) is 0 Å². The zero-order valence-electron chi connectivity index (χ0n) is 10.1. The third kappa shape index (κ3) is 1.64. The molecular formula is C14H22N2. The van der Waals surface area contributed by atoms with E-state index in [1.54, 1.807) is 5.57 Å². The molecule has 0 bridgehead atoms. The summed E-state index contributed by atoms with van der Waals surface area (Å²) in [6.45, 7) is 2.36. The van der Waals surface area contributed by atoms with Crippen molar-refractivity contribution >= 4 is 0 Å². The van der Waals surface area contributed by atoms with Gasteiger partial charge < -0.3 is 0 Å². The summed E-state index contributed by atoms with van der Waals surface area (Å²) in [7, 11) is 0. The molecule has 88 valence electrons. The summed E-state index contributed by atoms with van der Waals surface area (Å²) in [6, 6.07) is 0.543. The van der Waals surface area contributed by atoms with Crippen LogP contribution in [0.3, 0.4) is 0 Å².